The van der Waals surface area contributed by atoms with Crippen LogP contribution in [0.3, 0.4) is 0 Å². The van der Waals surface area contributed by atoms with Crippen LogP contribution in [0, 0.1) is 28.6 Å². The van der Waals surface area contributed by atoms with Crippen molar-refractivity contribution in [2.75, 3.05) is 19.8 Å². The number of ether oxygens (including phenoxy) is 1. The van der Waals surface area contributed by atoms with Crippen molar-refractivity contribution in [1.29, 1.82) is 0 Å². The zero-order chi connectivity index (χ0) is 29.6. The number of rotatable bonds is 7. The molecule has 6 heteroatoms. The number of hydrogen-bond acceptors (Lipinski definition) is 5. The lowest BCUT2D eigenvalue weighted by molar-refractivity contribution is -0.125. The van der Waals surface area contributed by atoms with Crippen molar-refractivity contribution in [2.24, 2.45) is 33.7 Å². The van der Waals surface area contributed by atoms with Crippen molar-refractivity contribution in [1.82, 2.24) is 5.32 Å². The van der Waals surface area contributed by atoms with E-state index < -0.39 is 0 Å². The summed E-state index contributed by atoms with van der Waals surface area (Å²) in [4.78, 5) is 18.3. The molecular weight excluding hydrogens is 524 g/mol. The van der Waals surface area contributed by atoms with Gasteiger partial charge < -0.3 is 20.0 Å². The maximum atomic E-state index is 12.7. The van der Waals surface area contributed by atoms with Gasteiger partial charge in [0.05, 0.1) is 17.4 Å². The van der Waals surface area contributed by atoms with E-state index in [1.807, 2.05) is 0 Å². The molecule has 0 spiro atoms. The predicted molar refractivity (Wildman–Crippen MR) is 166 cm³/mol. The first-order chi connectivity index (χ1) is 20.0. The number of carbonyl (C=O) groups is 1. The quantitative estimate of drug-likeness (QED) is 0.353. The van der Waals surface area contributed by atoms with Gasteiger partial charge in [-0.3, -0.25) is 4.79 Å². The molecule has 7 atom stereocenters. The molecule has 5 aliphatic rings. The first-order valence-electron chi connectivity index (χ1n) is 16.6. The van der Waals surface area contributed by atoms with Crippen LogP contribution in [0.5, 0.6) is 0 Å². The van der Waals surface area contributed by atoms with Gasteiger partial charge in [-0.15, -0.1) is 0 Å². The number of nitrogens with zero attached hydrogens (tertiary/aromatic N) is 1. The van der Waals surface area contributed by atoms with Crippen LogP contribution in [0.15, 0.2) is 47.1 Å². The van der Waals surface area contributed by atoms with Gasteiger partial charge in [0.1, 0.15) is 0 Å². The van der Waals surface area contributed by atoms with E-state index in [4.69, 9.17) is 9.57 Å². The van der Waals surface area contributed by atoms with Crippen LogP contribution in [0.4, 0.5) is 0 Å². The van der Waals surface area contributed by atoms with E-state index in [9.17, 15) is 9.90 Å². The van der Waals surface area contributed by atoms with Gasteiger partial charge in [-0.2, -0.15) is 0 Å². The third kappa shape index (κ3) is 5.47. The van der Waals surface area contributed by atoms with E-state index in [1.165, 1.54) is 30.4 Å². The molecular formula is C36H52N2O4. The van der Waals surface area contributed by atoms with Gasteiger partial charge in [0.25, 0.3) is 5.91 Å². The lowest BCUT2D eigenvalue weighted by Gasteiger charge is -2.57. The van der Waals surface area contributed by atoms with E-state index >= 15 is 0 Å². The molecule has 0 radical (unpaired) electrons. The Labute approximate surface area is 252 Å². The van der Waals surface area contributed by atoms with Crippen molar-refractivity contribution >= 4 is 11.6 Å². The van der Waals surface area contributed by atoms with E-state index in [2.05, 4.69) is 74.6 Å². The maximum absolute atomic E-state index is 12.7. The Morgan fingerprint density at radius 1 is 1.02 bits per heavy atom. The lowest BCUT2D eigenvalue weighted by Crippen LogP contribution is -2.51. The molecule has 1 amide bonds. The minimum absolute atomic E-state index is 0.00810. The fourth-order valence-corrected chi connectivity index (χ4v) is 10.2. The average molecular weight is 577 g/mol. The smallest absolute Gasteiger partial charge is 0.260 e. The van der Waals surface area contributed by atoms with Crippen LogP contribution in [-0.2, 0) is 19.8 Å². The fourth-order valence-electron chi connectivity index (χ4n) is 10.2. The van der Waals surface area contributed by atoms with Crippen molar-refractivity contribution < 1.29 is 19.5 Å². The summed E-state index contributed by atoms with van der Waals surface area (Å²) >= 11 is 0. The number of aliphatic hydroxyl groups is 1. The number of hydrogen-bond donors (Lipinski definition) is 2. The third-order valence-electron chi connectivity index (χ3n) is 12.5. The molecule has 6 nitrogen and oxygen atoms in total. The summed E-state index contributed by atoms with van der Waals surface area (Å²) in [6.45, 7) is 10.4. The fraction of sp³-hybridized carbons (Fsp3) is 0.722. The molecule has 230 valence electrons. The van der Waals surface area contributed by atoms with Gasteiger partial charge >= 0.3 is 0 Å². The number of aliphatic hydroxyl groups excluding tert-OH is 1. The van der Waals surface area contributed by atoms with Gasteiger partial charge in [-0.05, 0) is 125 Å². The van der Waals surface area contributed by atoms with Gasteiger partial charge in [-0.1, -0.05) is 54.9 Å². The minimum atomic E-state index is -0.183. The monoisotopic (exact) mass is 576 g/mol. The normalized spacial score (nSPS) is 39.9. The Kier molecular flexibility index (Phi) is 8.10. The molecule has 2 N–H and O–H groups in total. The summed E-state index contributed by atoms with van der Waals surface area (Å²) in [6, 6.07) is 10.7. The molecule has 1 aromatic rings. The van der Waals surface area contributed by atoms with Crippen LogP contribution in [-0.4, -0.2) is 48.2 Å². The molecule has 5 unspecified atom stereocenters. The summed E-state index contributed by atoms with van der Waals surface area (Å²) in [7, 11) is 0. The highest BCUT2D eigenvalue weighted by Crippen LogP contribution is 2.65. The Morgan fingerprint density at radius 3 is 2.62 bits per heavy atom. The van der Waals surface area contributed by atoms with Crippen LogP contribution >= 0.6 is 0 Å². The highest BCUT2D eigenvalue weighted by atomic mass is 16.6. The molecule has 1 aliphatic heterocycles. The molecule has 6 rings (SSSR count). The number of benzene rings is 1. The summed E-state index contributed by atoms with van der Waals surface area (Å²) < 4.78 is 6.03. The standard InChI is InChI=1S/C36H52N2O4/c1-33(2)24-36(19-21-41-33,25-8-6-5-7-9-25)18-20-37-32(40)23-42-38-27-14-16-34(3)26(22-27)10-11-28-29-12-13-31(39)35(29,4)17-15-30(28)34/h5-9,22,28-31,39H,10-21,23-24H2,1-4H3,(H,37,40)/b38-27+/t28?,29?,30?,31?,34-,35-,36?/m0/s1. The molecule has 4 aliphatic carbocycles. The van der Waals surface area contributed by atoms with Gasteiger partial charge in [-0.25, -0.2) is 0 Å². The molecule has 1 heterocycles. The molecule has 4 fully saturated rings. The zero-order valence-electron chi connectivity index (χ0n) is 26.3. The van der Waals surface area contributed by atoms with Crippen molar-refractivity contribution in [2.45, 2.75) is 115 Å². The van der Waals surface area contributed by atoms with Gasteiger partial charge in [0.2, 0.25) is 0 Å². The second-order valence-corrected chi connectivity index (χ2v) is 15.3. The highest BCUT2D eigenvalue weighted by molar-refractivity contribution is 5.96. The van der Waals surface area contributed by atoms with E-state index in [0.717, 1.165) is 69.6 Å². The zero-order valence-corrected chi connectivity index (χ0v) is 26.3. The number of amides is 1. The second kappa shape index (κ2) is 11.4. The maximum Gasteiger partial charge on any atom is 0.260 e. The summed E-state index contributed by atoms with van der Waals surface area (Å²) in [5, 5.41) is 18.3. The molecule has 1 aromatic carbocycles. The second-order valence-electron chi connectivity index (χ2n) is 15.3. The number of fused-ring (bicyclic) bond motifs is 5. The summed E-state index contributed by atoms with van der Waals surface area (Å²) in [5.41, 5.74) is 3.98. The van der Waals surface area contributed by atoms with Crippen molar-refractivity contribution in [3.8, 4) is 0 Å². The van der Waals surface area contributed by atoms with Crippen molar-refractivity contribution in [3.63, 3.8) is 0 Å². The number of oxime groups is 1. The number of nitrogens with one attached hydrogen (secondary N) is 1. The molecule has 3 saturated carbocycles. The van der Waals surface area contributed by atoms with Crippen LogP contribution in [0.1, 0.15) is 104 Å². The number of carbonyl (C=O) groups excluding carboxylic acids is 1. The predicted octanol–water partition coefficient (Wildman–Crippen LogP) is 6.72. The topological polar surface area (TPSA) is 80.2 Å². The molecule has 1 saturated heterocycles. The number of allylic oxidation sites excluding steroid dienone is 2. The Bertz CT molecular complexity index is 1210. The van der Waals surface area contributed by atoms with E-state index in [1.54, 1.807) is 0 Å². The largest absolute Gasteiger partial charge is 0.393 e. The molecule has 42 heavy (non-hydrogen) atoms. The lowest BCUT2D eigenvalue weighted by atomic mass is 9.47. The molecule has 0 bridgehead atoms. The Morgan fingerprint density at radius 2 is 1.83 bits per heavy atom. The van der Waals surface area contributed by atoms with E-state index in [-0.39, 0.29) is 40.5 Å². The summed E-state index contributed by atoms with van der Waals surface area (Å²) in [6.07, 6.45) is 13.8. The first kappa shape index (κ1) is 29.9. The van der Waals surface area contributed by atoms with Crippen LogP contribution < -0.4 is 5.32 Å². The highest BCUT2D eigenvalue weighted by Gasteiger charge is 2.58. The first-order valence-corrected chi connectivity index (χ1v) is 16.6. The Hall–Kier alpha value is -2.18. The SMILES string of the molecule is CC1(C)CC(CCNC(=O)CO/N=C2/C=C3CCC4C5CCC(O)[C@@]5(C)CCC4[C@@]3(C)CC2)(c2ccccc2)CCO1. The van der Waals surface area contributed by atoms with Crippen molar-refractivity contribution in [3.05, 3.63) is 47.5 Å². The third-order valence-corrected chi connectivity index (χ3v) is 12.5. The van der Waals surface area contributed by atoms with Crippen LogP contribution in [0.25, 0.3) is 0 Å². The Balaban J connectivity index is 1.02. The minimum Gasteiger partial charge on any atom is -0.393 e. The van der Waals surface area contributed by atoms with E-state index in [0.29, 0.717) is 18.4 Å². The van der Waals surface area contributed by atoms with Crippen LogP contribution in [0.2, 0.25) is 0 Å². The molecule has 0 aromatic heterocycles. The summed E-state index contributed by atoms with van der Waals surface area (Å²) in [5.74, 6) is 1.98. The van der Waals surface area contributed by atoms with Gasteiger partial charge in [0.15, 0.2) is 6.61 Å². The van der Waals surface area contributed by atoms with Gasteiger partial charge in [0, 0.05) is 18.6 Å². The average Bonchev–Trinajstić information content (AvgIpc) is 3.27.